The fourth-order valence-electron chi connectivity index (χ4n) is 3.12. The summed E-state index contributed by atoms with van der Waals surface area (Å²) in [4.78, 5) is 10.6. The van der Waals surface area contributed by atoms with Crippen LogP contribution in [0.2, 0.25) is 0 Å². The van der Waals surface area contributed by atoms with E-state index in [0.29, 0.717) is 12.4 Å². The van der Waals surface area contributed by atoms with E-state index in [-0.39, 0.29) is 6.04 Å². The zero-order valence-corrected chi connectivity index (χ0v) is 16.7. The molecule has 2 aromatic carbocycles. The van der Waals surface area contributed by atoms with Gasteiger partial charge in [-0.3, -0.25) is 4.90 Å². The van der Waals surface area contributed by atoms with Crippen LogP contribution >= 0.6 is 0 Å². The van der Waals surface area contributed by atoms with Gasteiger partial charge in [0.2, 0.25) is 5.89 Å². The summed E-state index contributed by atoms with van der Waals surface area (Å²) in [5, 5.41) is 4.16. The highest BCUT2D eigenvalue weighted by Gasteiger charge is 2.15. The second kappa shape index (κ2) is 8.28. The van der Waals surface area contributed by atoms with Crippen LogP contribution in [0.25, 0.3) is 17.0 Å². The van der Waals surface area contributed by atoms with E-state index in [1.807, 2.05) is 36.4 Å². The van der Waals surface area contributed by atoms with Gasteiger partial charge < -0.3 is 9.15 Å². The predicted octanol–water partition coefficient (Wildman–Crippen LogP) is 4.12. The molecule has 0 fully saturated rings. The summed E-state index contributed by atoms with van der Waals surface area (Å²) in [6.07, 6.45) is 4.98. The Kier molecular flexibility index (Phi) is 5.39. The molecule has 0 amide bonds. The monoisotopic (exact) mass is 389 g/mol. The second-order valence-electron chi connectivity index (χ2n) is 6.87. The maximum Gasteiger partial charge on any atom is 0.209 e. The number of ether oxygens (including phenoxy) is 1. The van der Waals surface area contributed by atoms with E-state index in [1.165, 1.54) is 11.9 Å². The molecule has 0 radical (unpaired) electrons. The van der Waals surface area contributed by atoms with E-state index in [1.54, 1.807) is 24.3 Å². The zero-order chi connectivity index (χ0) is 20.2. The summed E-state index contributed by atoms with van der Waals surface area (Å²) in [5.41, 5.74) is 3.17. The summed E-state index contributed by atoms with van der Waals surface area (Å²) in [6.45, 7) is 2.78. The lowest BCUT2D eigenvalue weighted by Crippen LogP contribution is -2.22. The molecular formula is C22H23N5O2. The van der Waals surface area contributed by atoms with Crippen molar-refractivity contribution in [3.8, 4) is 22.8 Å². The Bertz CT molecular complexity index is 1040. The lowest BCUT2D eigenvalue weighted by molar-refractivity contribution is 0.229. The summed E-state index contributed by atoms with van der Waals surface area (Å²) < 4.78 is 12.9. The minimum Gasteiger partial charge on any atom is -0.497 e. The van der Waals surface area contributed by atoms with Gasteiger partial charge in [-0.2, -0.15) is 5.10 Å². The molecule has 4 rings (SSSR count). The largest absolute Gasteiger partial charge is 0.497 e. The van der Waals surface area contributed by atoms with Gasteiger partial charge in [-0.25, -0.2) is 14.6 Å². The van der Waals surface area contributed by atoms with Crippen molar-refractivity contribution in [1.82, 2.24) is 24.6 Å². The third-order valence-corrected chi connectivity index (χ3v) is 5.03. The van der Waals surface area contributed by atoms with Gasteiger partial charge in [0.15, 0.2) is 5.76 Å². The first-order chi connectivity index (χ1) is 14.1. The molecule has 4 aromatic rings. The van der Waals surface area contributed by atoms with Crippen molar-refractivity contribution in [3.63, 3.8) is 0 Å². The highest BCUT2D eigenvalue weighted by molar-refractivity contribution is 5.57. The number of aromatic nitrogens is 4. The van der Waals surface area contributed by atoms with Crippen molar-refractivity contribution < 1.29 is 9.15 Å². The fourth-order valence-corrected chi connectivity index (χ4v) is 3.12. The molecule has 0 bridgehead atoms. The lowest BCUT2D eigenvalue weighted by atomic mass is 10.1. The Hall–Kier alpha value is -3.45. The first-order valence-electron chi connectivity index (χ1n) is 9.38. The standard InChI is InChI=1S/C22H23N5O2/c1-16(17-4-8-19(9-5-17)27-15-23-14-25-27)26(2)13-22-24-12-21(29-22)18-6-10-20(28-3)11-7-18/h4-12,14-16H,13H2,1-3H3. The Morgan fingerprint density at radius 3 is 2.52 bits per heavy atom. The van der Waals surface area contributed by atoms with E-state index in [2.05, 4.69) is 46.1 Å². The topological polar surface area (TPSA) is 69.2 Å². The number of rotatable bonds is 7. The number of methoxy groups -OCH3 is 1. The van der Waals surface area contributed by atoms with Crippen LogP contribution in [0, 0.1) is 0 Å². The molecule has 1 unspecified atom stereocenters. The van der Waals surface area contributed by atoms with Gasteiger partial charge in [0, 0.05) is 11.6 Å². The van der Waals surface area contributed by atoms with Crippen molar-refractivity contribution in [2.24, 2.45) is 0 Å². The highest BCUT2D eigenvalue weighted by atomic mass is 16.5. The van der Waals surface area contributed by atoms with Gasteiger partial charge in [0.05, 0.1) is 25.5 Å². The molecule has 0 N–H and O–H groups in total. The first-order valence-corrected chi connectivity index (χ1v) is 9.38. The van der Waals surface area contributed by atoms with Crippen molar-refractivity contribution in [1.29, 1.82) is 0 Å². The van der Waals surface area contributed by atoms with Gasteiger partial charge in [-0.1, -0.05) is 12.1 Å². The molecule has 0 spiro atoms. The molecule has 7 heteroatoms. The third kappa shape index (κ3) is 4.20. The van der Waals surface area contributed by atoms with E-state index in [4.69, 9.17) is 9.15 Å². The summed E-state index contributed by atoms with van der Waals surface area (Å²) >= 11 is 0. The van der Waals surface area contributed by atoms with Crippen LogP contribution in [-0.2, 0) is 6.54 Å². The van der Waals surface area contributed by atoms with Crippen molar-refractivity contribution in [2.45, 2.75) is 19.5 Å². The predicted molar refractivity (Wildman–Crippen MR) is 110 cm³/mol. The fraction of sp³-hybridized carbons (Fsp3) is 0.227. The molecule has 0 saturated carbocycles. The van der Waals surface area contributed by atoms with Crippen molar-refractivity contribution in [2.75, 3.05) is 14.2 Å². The Balaban J connectivity index is 1.42. The Morgan fingerprint density at radius 1 is 1.10 bits per heavy atom. The van der Waals surface area contributed by atoms with E-state index in [9.17, 15) is 0 Å². The van der Waals surface area contributed by atoms with Gasteiger partial charge in [0.1, 0.15) is 18.4 Å². The average molecular weight is 389 g/mol. The minimum atomic E-state index is 0.205. The molecule has 0 aliphatic heterocycles. The van der Waals surface area contributed by atoms with Crippen molar-refractivity contribution >= 4 is 0 Å². The van der Waals surface area contributed by atoms with Gasteiger partial charge >= 0.3 is 0 Å². The van der Waals surface area contributed by atoms with Gasteiger partial charge in [0.25, 0.3) is 0 Å². The maximum atomic E-state index is 5.96. The van der Waals surface area contributed by atoms with E-state index < -0.39 is 0 Å². The number of oxazole rings is 1. The molecule has 1 atom stereocenters. The SMILES string of the molecule is COc1ccc(-c2cnc(CN(C)C(C)c3ccc(-n4cncn4)cc3)o2)cc1. The molecule has 148 valence electrons. The smallest absolute Gasteiger partial charge is 0.209 e. The molecular weight excluding hydrogens is 366 g/mol. The lowest BCUT2D eigenvalue weighted by Gasteiger charge is -2.23. The van der Waals surface area contributed by atoms with Crippen LogP contribution in [0.15, 0.2) is 71.8 Å². The average Bonchev–Trinajstić information content (AvgIpc) is 3.46. The molecule has 29 heavy (non-hydrogen) atoms. The van der Waals surface area contributed by atoms with Gasteiger partial charge in [-0.05, 0) is 55.9 Å². The molecule has 7 nitrogen and oxygen atoms in total. The maximum absolute atomic E-state index is 5.96. The van der Waals surface area contributed by atoms with Crippen LogP contribution in [0.1, 0.15) is 24.4 Å². The number of benzene rings is 2. The zero-order valence-electron chi connectivity index (χ0n) is 16.7. The quantitative estimate of drug-likeness (QED) is 0.473. The van der Waals surface area contributed by atoms with Crippen LogP contribution < -0.4 is 4.74 Å². The highest BCUT2D eigenvalue weighted by Crippen LogP contribution is 2.25. The third-order valence-electron chi connectivity index (χ3n) is 5.03. The second-order valence-corrected chi connectivity index (χ2v) is 6.87. The first kappa shape index (κ1) is 18.9. The molecule has 0 aliphatic rings. The van der Waals surface area contributed by atoms with Crippen LogP contribution in [0.5, 0.6) is 5.75 Å². The van der Waals surface area contributed by atoms with E-state index in [0.717, 1.165) is 22.8 Å². The van der Waals surface area contributed by atoms with Crippen LogP contribution in [-0.4, -0.2) is 38.8 Å². The van der Waals surface area contributed by atoms with Crippen LogP contribution in [0.3, 0.4) is 0 Å². The Morgan fingerprint density at radius 2 is 1.86 bits per heavy atom. The number of nitrogens with zero attached hydrogens (tertiary/aromatic N) is 5. The Labute approximate surface area is 169 Å². The normalized spacial score (nSPS) is 12.3. The number of hydrogen-bond acceptors (Lipinski definition) is 6. The number of hydrogen-bond donors (Lipinski definition) is 0. The minimum absolute atomic E-state index is 0.205. The van der Waals surface area contributed by atoms with Gasteiger partial charge in [-0.15, -0.1) is 0 Å². The molecule has 0 saturated heterocycles. The summed E-state index contributed by atoms with van der Waals surface area (Å²) in [7, 11) is 3.72. The van der Waals surface area contributed by atoms with Crippen molar-refractivity contribution in [3.05, 3.63) is 78.8 Å². The molecule has 0 aliphatic carbocycles. The summed E-state index contributed by atoms with van der Waals surface area (Å²) in [6, 6.07) is 16.3. The van der Waals surface area contributed by atoms with Crippen LogP contribution in [0.4, 0.5) is 0 Å². The van der Waals surface area contributed by atoms with E-state index >= 15 is 0 Å². The molecule has 2 heterocycles. The summed E-state index contributed by atoms with van der Waals surface area (Å²) in [5.74, 6) is 2.25. The molecule has 2 aromatic heterocycles.